The van der Waals surface area contributed by atoms with Crippen molar-refractivity contribution in [2.24, 2.45) is 5.92 Å². The van der Waals surface area contributed by atoms with Gasteiger partial charge in [-0.2, -0.15) is 0 Å². The predicted octanol–water partition coefficient (Wildman–Crippen LogP) is 8.07. The van der Waals surface area contributed by atoms with Crippen molar-refractivity contribution in [3.05, 3.63) is 107 Å². The molecule has 3 aromatic carbocycles. The molecule has 4 nitrogen and oxygen atoms in total. The summed E-state index contributed by atoms with van der Waals surface area (Å²) in [4.78, 5) is 13.6. The Morgan fingerprint density at radius 3 is 2.21 bits per heavy atom. The molecule has 1 atom stereocenters. The minimum atomic E-state index is -0.892. The Hall–Kier alpha value is -2.95. The Morgan fingerprint density at radius 1 is 0.895 bits per heavy atom. The fourth-order valence-corrected chi connectivity index (χ4v) is 5.56. The lowest BCUT2D eigenvalue weighted by molar-refractivity contribution is 0.0119. The summed E-state index contributed by atoms with van der Waals surface area (Å²) in [5, 5.41) is 9.21. The van der Waals surface area contributed by atoms with Gasteiger partial charge in [0.05, 0.1) is 18.3 Å². The molecule has 0 unspecified atom stereocenters. The maximum atomic E-state index is 11.2. The number of ether oxygens (including phenoxy) is 1. The second-order valence-corrected chi connectivity index (χ2v) is 10.8. The molecular formula is C34H43NO3. The fourth-order valence-electron chi connectivity index (χ4n) is 5.56. The van der Waals surface area contributed by atoms with Gasteiger partial charge in [-0.05, 0) is 66.1 Å². The first kappa shape index (κ1) is 28.1. The van der Waals surface area contributed by atoms with Crippen molar-refractivity contribution in [3.63, 3.8) is 0 Å². The maximum Gasteiger partial charge on any atom is 0.335 e. The van der Waals surface area contributed by atoms with E-state index in [-0.39, 0.29) is 6.10 Å². The van der Waals surface area contributed by atoms with Gasteiger partial charge in [0, 0.05) is 13.1 Å². The number of carboxylic acids is 1. The molecule has 0 heterocycles. The van der Waals surface area contributed by atoms with Crippen molar-refractivity contribution in [2.45, 2.75) is 77.5 Å². The van der Waals surface area contributed by atoms with E-state index in [0.717, 1.165) is 37.5 Å². The molecule has 1 aliphatic carbocycles. The van der Waals surface area contributed by atoms with Crippen molar-refractivity contribution >= 4 is 5.97 Å². The molecule has 202 valence electrons. The number of carbonyl (C=O) groups is 1. The molecule has 1 aliphatic rings. The third-order valence-electron chi connectivity index (χ3n) is 7.78. The average molecular weight is 514 g/mol. The standard InChI is InChI=1S/C34H43NO3/c1-2-23-35(24-29-19-21-32(22-20-29)34(36)37)25-33(31-11-7-4-8-12-31)38-26-30-17-15-28(16-18-30)14-13-27-9-5-3-6-10-27/h4,7-8,11-12,15-22,27,33H,2-3,5-6,9-10,13-14,23-26H2,1H3,(H,36,37)/t33-/m0/s1. The molecule has 0 amide bonds. The van der Waals surface area contributed by atoms with E-state index in [2.05, 4.69) is 60.4 Å². The van der Waals surface area contributed by atoms with E-state index in [1.807, 2.05) is 18.2 Å². The first-order valence-corrected chi connectivity index (χ1v) is 14.4. The zero-order chi connectivity index (χ0) is 26.6. The molecule has 1 saturated carbocycles. The second-order valence-electron chi connectivity index (χ2n) is 10.8. The lowest BCUT2D eigenvalue weighted by Crippen LogP contribution is -2.30. The molecule has 0 spiro atoms. The van der Waals surface area contributed by atoms with Gasteiger partial charge in [0.1, 0.15) is 0 Å². The van der Waals surface area contributed by atoms with Gasteiger partial charge in [-0.1, -0.05) is 106 Å². The average Bonchev–Trinajstić information content (AvgIpc) is 2.96. The first-order valence-electron chi connectivity index (χ1n) is 14.4. The largest absolute Gasteiger partial charge is 0.478 e. The summed E-state index contributed by atoms with van der Waals surface area (Å²) in [6.07, 6.45) is 10.6. The van der Waals surface area contributed by atoms with E-state index in [1.165, 1.54) is 61.6 Å². The molecule has 0 radical (unpaired) electrons. The van der Waals surface area contributed by atoms with Crippen LogP contribution in [0.25, 0.3) is 0 Å². The first-order chi connectivity index (χ1) is 18.6. The van der Waals surface area contributed by atoms with Crippen LogP contribution in [0.15, 0.2) is 78.9 Å². The third-order valence-corrected chi connectivity index (χ3v) is 7.78. The van der Waals surface area contributed by atoms with Crippen molar-refractivity contribution < 1.29 is 14.6 Å². The van der Waals surface area contributed by atoms with Crippen LogP contribution < -0.4 is 0 Å². The van der Waals surface area contributed by atoms with Crippen molar-refractivity contribution in [2.75, 3.05) is 13.1 Å². The summed E-state index contributed by atoms with van der Waals surface area (Å²) in [5.74, 6) is 0.0244. The minimum absolute atomic E-state index is 0.0491. The Labute approximate surface area is 228 Å². The van der Waals surface area contributed by atoms with Gasteiger partial charge in [0.25, 0.3) is 0 Å². The highest BCUT2D eigenvalue weighted by Gasteiger charge is 2.18. The Morgan fingerprint density at radius 2 is 1.55 bits per heavy atom. The highest BCUT2D eigenvalue weighted by atomic mass is 16.5. The number of hydrogen-bond donors (Lipinski definition) is 1. The van der Waals surface area contributed by atoms with Crippen LogP contribution in [0.4, 0.5) is 0 Å². The molecular weight excluding hydrogens is 470 g/mol. The zero-order valence-electron chi connectivity index (χ0n) is 22.9. The molecule has 38 heavy (non-hydrogen) atoms. The van der Waals surface area contributed by atoms with Crippen LogP contribution in [-0.4, -0.2) is 29.1 Å². The molecule has 1 N–H and O–H groups in total. The topological polar surface area (TPSA) is 49.8 Å². The summed E-state index contributed by atoms with van der Waals surface area (Å²) >= 11 is 0. The van der Waals surface area contributed by atoms with Crippen molar-refractivity contribution in [1.29, 1.82) is 0 Å². The summed E-state index contributed by atoms with van der Waals surface area (Å²) in [7, 11) is 0. The highest BCUT2D eigenvalue weighted by Crippen LogP contribution is 2.28. The summed E-state index contributed by atoms with van der Waals surface area (Å²) in [6.45, 7) is 5.25. The third kappa shape index (κ3) is 8.82. The molecule has 3 aromatic rings. The van der Waals surface area contributed by atoms with Gasteiger partial charge in [-0.25, -0.2) is 4.79 Å². The number of benzene rings is 3. The predicted molar refractivity (Wildman–Crippen MR) is 154 cm³/mol. The molecule has 4 heteroatoms. The van der Waals surface area contributed by atoms with Gasteiger partial charge in [-0.15, -0.1) is 0 Å². The van der Waals surface area contributed by atoms with E-state index in [0.29, 0.717) is 12.2 Å². The number of hydrogen-bond acceptors (Lipinski definition) is 3. The highest BCUT2D eigenvalue weighted by molar-refractivity contribution is 5.87. The summed E-state index contributed by atoms with van der Waals surface area (Å²) in [5.41, 5.74) is 5.25. The Bertz CT molecular complexity index is 1090. The SMILES string of the molecule is CCCN(Cc1ccc(C(=O)O)cc1)C[C@H](OCc1ccc(CCC2CCCCC2)cc1)c1ccccc1. The smallest absolute Gasteiger partial charge is 0.335 e. The van der Waals surface area contributed by atoms with E-state index < -0.39 is 5.97 Å². The van der Waals surface area contributed by atoms with Gasteiger partial charge in [-0.3, -0.25) is 4.90 Å². The number of nitrogens with zero attached hydrogens (tertiary/aromatic N) is 1. The van der Waals surface area contributed by atoms with Gasteiger partial charge in [0.15, 0.2) is 0 Å². The van der Waals surface area contributed by atoms with E-state index in [1.54, 1.807) is 12.1 Å². The minimum Gasteiger partial charge on any atom is -0.478 e. The van der Waals surface area contributed by atoms with Crippen LogP contribution >= 0.6 is 0 Å². The number of aryl methyl sites for hydroxylation is 1. The monoisotopic (exact) mass is 513 g/mol. The Kier molecular flexibility index (Phi) is 11.0. The Balaban J connectivity index is 1.37. The zero-order valence-corrected chi connectivity index (χ0v) is 22.9. The molecule has 1 fully saturated rings. The van der Waals surface area contributed by atoms with Crippen LogP contribution in [0, 0.1) is 5.92 Å². The molecule has 0 saturated heterocycles. The van der Waals surface area contributed by atoms with E-state index in [9.17, 15) is 9.90 Å². The fraction of sp³-hybridized carbons (Fsp3) is 0.441. The lowest BCUT2D eigenvalue weighted by Gasteiger charge is -2.28. The summed E-state index contributed by atoms with van der Waals surface area (Å²) in [6, 6.07) is 26.7. The normalized spacial score (nSPS) is 15.0. The maximum absolute atomic E-state index is 11.2. The quantitative estimate of drug-likeness (QED) is 0.237. The molecule has 4 rings (SSSR count). The molecule has 0 aromatic heterocycles. The van der Waals surface area contributed by atoms with Crippen molar-refractivity contribution in [1.82, 2.24) is 4.90 Å². The van der Waals surface area contributed by atoms with Crippen LogP contribution in [0.2, 0.25) is 0 Å². The second kappa shape index (κ2) is 14.8. The van der Waals surface area contributed by atoms with Gasteiger partial charge >= 0.3 is 5.97 Å². The van der Waals surface area contributed by atoms with Crippen LogP contribution in [0.5, 0.6) is 0 Å². The number of rotatable bonds is 14. The molecule has 0 aliphatic heterocycles. The van der Waals surface area contributed by atoms with Crippen molar-refractivity contribution in [3.8, 4) is 0 Å². The van der Waals surface area contributed by atoms with Crippen LogP contribution in [0.3, 0.4) is 0 Å². The van der Waals surface area contributed by atoms with Gasteiger partial charge in [0.2, 0.25) is 0 Å². The van der Waals surface area contributed by atoms with Crippen LogP contribution in [-0.2, 0) is 24.3 Å². The number of aromatic carboxylic acids is 1. The summed E-state index contributed by atoms with van der Waals surface area (Å²) < 4.78 is 6.55. The van der Waals surface area contributed by atoms with Gasteiger partial charge < -0.3 is 9.84 Å². The number of carboxylic acid groups (broad SMARTS) is 1. The van der Waals surface area contributed by atoms with Crippen LogP contribution in [0.1, 0.15) is 90.6 Å². The molecule has 0 bridgehead atoms. The lowest BCUT2D eigenvalue weighted by atomic mass is 9.85. The van der Waals surface area contributed by atoms with E-state index >= 15 is 0 Å². The van der Waals surface area contributed by atoms with E-state index in [4.69, 9.17) is 4.74 Å².